The minimum absolute atomic E-state index is 0.0858. The van der Waals surface area contributed by atoms with Crippen LogP contribution in [0.25, 0.3) is 0 Å². The number of thioether (sulfide) groups is 1. The highest BCUT2D eigenvalue weighted by atomic mass is 32.2. The largest absolute Gasteiger partial charge is 0.480 e. The molecular weight excluding hydrogens is 354 g/mol. The molecule has 0 saturated carbocycles. The molecule has 0 aromatic heterocycles. The van der Waals surface area contributed by atoms with Gasteiger partial charge in [0.25, 0.3) is 0 Å². The number of hydrogen-bond acceptors (Lipinski definition) is 5. The summed E-state index contributed by atoms with van der Waals surface area (Å²) in [5, 5.41) is 10.3. The average Bonchev–Trinajstić information content (AvgIpc) is 2.65. The van der Waals surface area contributed by atoms with Crippen molar-refractivity contribution >= 4 is 28.9 Å². The van der Waals surface area contributed by atoms with Gasteiger partial charge in [0.1, 0.15) is 11.9 Å². The van der Waals surface area contributed by atoms with Crippen LogP contribution in [0.4, 0.5) is 4.79 Å². The molecule has 0 bridgehead atoms. The van der Waals surface area contributed by atoms with Gasteiger partial charge in [-0.25, -0.2) is 4.79 Å². The normalized spacial score (nSPS) is 12.7. The van der Waals surface area contributed by atoms with Gasteiger partial charge in [-0.05, 0) is 18.1 Å². The number of aliphatic carboxylic acids is 1. The van der Waals surface area contributed by atoms with E-state index in [4.69, 9.17) is 4.74 Å². The van der Waals surface area contributed by atoms with Gasteiger partial charge in [0.2, 0.25) is 5.12 Å². The molecule has 136 valence electrons. The summed E-state index contributed by atoms with van der Waals surface area (Å²) in [4.78, 5) is 35.5. The van der Waals surface area contributed by atoms with Crippen molar-refractivity contribution in [2.75, 3.05) is 0 Å². The third-order valence-electron chi connectivity index (χ3n) is 3.46. The van der Waals surface area contributed by atoms with Crippen LogP contribution >= 0.6 is 11.8 Å². The van der Waals surface area contributed by atoms with Crippen molar-refractivity contribution in [2.45, 2.75) is 24.8 Å². The number of carboxylic acids is 1. The van der Waals surface area contributed by atoms with Crippen LogP contribution in [0.3, 0.4) is 0 Å². The van der Waals surface area contributed by atoms with Gasteiger partial charge in [-0.15, -0.1) is 0 Å². The molecule has 0 radical (unpaired) electrons. The van der Waals surface area contributed by atoms with Gasteiger partial charge in [0.15, 0.2) is 0 Å². The van der Waals surface area contributed by atoms with E-state index in [0.717, 1.165) is 5.56 Å². The van der Waals surface area contributed by atoms with E-state index in [1.807, 2.05) is 30.3 Å². The van der Waals surface area contributed by atoms with E-state index in [2.05, 4.69) is 5.32 Å². The average molecular weight is 373 g/mol. The van der Waals surface area contributed by atoms with Gasteiger partial charge in [0, 0.05) is 0 Å². The quantitative estimate of drug-likeness (QED) is 0.773. The van der Waals surface area contributed by atoms with Crippen LogP contribution in [0, 0.1) is 0 Å². The number of alkyl carbamates (subject to hydrolysis) is 1. The first-order chi connectivity index (χ1) is 12.5. The fraction of sp³-hybridized carbons (Fsp3) is 0.211. The van der Waals surface area contributed by atoms with Crippen LogP contribution in [-0.4, -0.2) is 28.3 Å². The molecule has 2 atom stereocenters. The summed E-state index contributed by atoms with van der Waals surface area (Å²) in [6.45, 7) is 1.57. The SMILES string of the molecule is C[C@H](NC(=O)OCc1ccccc1)C(=O)S[C@H](C(=O)O)c1ccccc1. The topological polar surface area (TPSA) is 92.7 Å². The van der Waals surface area contributed by atoms with E-state index in [1.165, 1.54) is 6.92 Å². The van der Waals surface area contributed by atoms with E-state index in [0.29, 0.717) is 17.3 Å². The molecule has 26 heavy (non-hydrogen) atoms. The second kappa shape index (κ2) is 9.62. The highest BCUT2D eigenvalue weighted by Crippen LogP contribution is 2.30. The van der Waals surface area contributed by atoms with Crippen molar-refractivity contribution in [3.05, 3.63) is 71.8 Å². The van der Waals surface area contributed by atoms with E-state index < -0.39 is 28.5 Å². The molecule has 0 fully saturated rings. The zero-order chi connectivity index (χ0) is 18.9. The van der Waals surface area contributed by atoms with Gasteiger partial charge < -0.3 is 15.2 Å². The van der Waals surface area contributed by atoms with Gasteiger partial charge in [-0.2, -0.15) is 0 Å². The molecule has 0 saturated heterocycles. The number of hydrogen-bond donors (Lipinski definition) is 2. The second-order valence-corrected chi connectivity index (χ2v) is 6.60. The first-order valence-electron chi connectivity index (χ1n) is 7.93. The lowest BCUT2D eigenvalue weighted by Crippen LogP contribution is -2.38. The Morgan fingerprint density at radius 1 is 1.04 bits per heavy atom. The van der Waals surface area contributed by atoms with Crippen molar-refractivity contribution in [1.82, 2.24) is 5.32 Å². The first kappa shape index (κ1) is 19.5. The summed E-state index contributed by atoms with van der Waals surface area (Å²) in [5.74, 6) is -1.12. The lowest BCUT2D eigenvalue weighted by molar-refractivity contribution is -0.136. The molecule has 0 heterocycles. The number of rotatable bonds is 7. The van der Waals surface area contributed by atoms with Gasteiger partial charge in [0.05, 0.1) is 6.04 Å². The lowest BCUT2D eigenvalue weighted by Gasteiger charge is -2.16. The minimum Gasteiger partial charge on any atom is -0.480 e. The lowest BCUT2D eigenvalue weighted by atomic mass is 10.1. The highest BCUT2D eigenvalue weighted by Gasteiger charge is 2.27. The Balaban J connectivity index is 1.87. The number of carbonyl (C=O) groups is 3. The summed E-state index contributed by atoms with van der Waals surface area (Å²) < 4.78 is 5.06. The zero-order valence-corrected chi connectivity index (χ0v) is 14.9. The number of ether oxygens (including phenoxy) is 1. The van der Waals surface area contributed by atoms with Crippen molar-refractivity contribution in [3.63, 3.8) is 0 Å². The first-order valence-corrected chi connectivity index (χ1v) is 8.81. The molecule has 2 aromatic carbocycles. The molecular formula is C19H19NO5S. The van der Waals surface area contributed by atoms with Gasteiger partial charge >= 0.3 is 12.1 Å². The van der Waals surface area contributed by atoms with Crippen LogP contribution in [0.15, 0.2) is 60.7 Å². The molecule has 1 amide bonds. The summed E-state index contributed by atoms with van der Waals surface area (Å²) in [6.07, 6.45) is -0.734. The maximum Gasteiger partial charge on any atom is 0.408 e. The molecule has 2 rings (SSSR count). The molecule has 0 spiro atoms. The Bertz CT molecular complexity index is 751. The Morgan fingerprint density at radius 3 is 2.19 bits per heavy atom. The van der Waals surface area contributed by atoms with E-state index in [9.17, 15) is 19.5 Å². The summed E-state index contributed by atoms with van der Waals surface area (Å²) >= 11 is 0.662. The fourth-order valence-corrected chi connectivity index (χ4v) is 3.00. The van der Waals surface area contributed by atoms with E-state index in [-0.39, 0.29) is 6.61 Å². The van der Waals surface area contributed by atoms with E-state index >= 15 is 0 Å². The number of carboxylic acid groups (broad SMARTS) is 1. The Hall–Kier alpha value is -2.80. The van der Waals surface area contributed by atoms with Crippen LogP contribution in [-0.2, 0) is 20.9 Å². The molecule has 0 aliphatic carbocycles. The zero-order valence-electron chi connectivity index (χ0n) is 14.1. The number of amides is 1. The van der Waals surface area contributed by atoms with Crippen LogP contribution in [0.5, 0.6) is 0 Å². The molecule has 6 nitrogen and oxygen atoms in total. The molecule has 0 unspecified atom stereocenters. The number of benzene rings is 2. The molecule has 7 heteroatoms. The standard InChI is InChI=1S/C19H19NO5S/c1-13(20-19(24)25-12-14-8-4-2-5-9-14)18(23)26-16(17(21)22)15-10-6-3-7-11-15/h2-11,13,16H,12H2,1H3,(H,20,24)(H,21,22)/t13-,16-/m0/s1. The van der Waals surface area contributed by atoms with Crippen molar-refractivity contribution in [3.8, 4) is 0 Å². The smallest absolute Gasteiger partial charge is 0.408 e. The predicted molar refractivity (Wildman–Crippen MR) is 98.6 cm³/mol. The Morgan fingerprint density at radius 2 is 1.62 bits per heavy atom. The fourth-order valence-electron chi connectivity index (χ4n) is 2.11. The highest BCUT2D eigenvalue weighted by molar-refractivity contribution is 8.14. The van der Waals surface area contributed by atoms with Crippen LogP contribution < -0.4 is 5.32 Å². The van der Waals surface area contributed by atoms with Gasteiger partial charge in [-0.3, -0.25) is 9.59 Å². The maximum absolute atomic E-state index is 12.3. The van der Waals surface area contributed by atoms with Crippen LogP contribution in [0.2, 0.25) is 0 Å². The third-order valence-corrected chi connectivity index (χ3v) is 4.76. The summed E-state index contributed by atoms with van der Waals surface area (Å²) in [7, 11) is 0. The number of carbonyl (C=O) groups excluding carboxylic acids is 2. The molecule has 0 aliphatic heterocycles. The number of nitrogens with one attached hydrogen (secondary N) is 1. The predicted octanol–water partition coefficient (Wildman–Crippen LogP) is 3.39. The maximum atomic E-state index is 12.3. The Kier molecular flexibility index (Phi) is 7.23. The Labute approximate surface area is 155 Å². The van der Waals surface area contributed by atoms with Crippen LogP contribution in [0.1, 0.15) is 23.3 Å². The monoisotopic (exact) mass is 373 g/mol. The molecule has 2 aromatic rings. The van der Waals surface area contributed by atoms with E-state index in [1.54, 1.807) is 30.3 Å². The summed E-state index contributed by atoms with van der Waals surface area (Å²) in [5.41, 5.74) is 1.34. The third kappa shape index (κ3) is 5.93. The van der Waals surface area contributed by atoms with Gasteiger partial charge in [-0.1, -0.05) is 72.4 Å². The van der Waals surface area contributed by atoms with Crippen molar-refractivity contribution in [1.29, 1.82) is 0 Å². The molecule has 0 aliphatic rings. The van der Waals surface area contributed by atoms with Crippen molar-refractivity contribution in [2.24, 2.45) is 0 Å². The van der Waals surface area contributed by atoms with Crippen molar-refractivity contribution < 1.29 is 24.2 Å². The molecule has 2 N–H and O–H groups in total. The summed E-state index contributed by atoms with van der Waals surface area (Å²) in [6, 6.07) is 16.7. The second-order valence-electron chi connectivity index (χ2n) is 5.49. The minimum atomic E-state index is -1.12.